The number of hydrogen-bond donors (Lipinski definition) is 0. The van der Waals surface area contributed by atoms with Gasteiger partial charge in [-0.2, -0.15) is 0 Å². The van der Waals surface area contributed by atoms with E-state index in [1.54, 1.807) is 14.2 Å². The van der Waals surface area contributed by atoms with Crippen LogP contribution in [0, 0.1) is 0 Å². The molecule has 22 heavy (non-hydrogen) atoms. The topological polar surface area (TPSA) is 36.9 Å². The molecule has 0 N–H and O–H groups in total. The Balaban J connectivity index is 2.27. The average Bonchev–Trinajstić information content (AvgIpc) is 2.63. The molecule has 0 bridgehead atoms. The standard InChI is InChI=1S/C18H20O4/c1-19-18(20-2)17(21-13-14-22-18,15-9-5-3-6-10-15)16-11-7-4-8-12-16/h3-12H,13-14H2,1-2H3. The minimum Gasteiger partial charge on any atom is -0.355 e. The van der Waals surface area contributed by atoms with Crippen LogP contribution in [0.4, 0.5) is 0 Å². The van der Waals surface area contributed by atoms with E-state index in [0.29, 0.717) is 13.2 Å². The van der Waals surface area contributed by atoms with Gasteiger partial charge in [-0.25, -0.2) is 0 Å². The zero-order chi connectivity index (χ0) is 15.5. The predicted molar refractivity (Wildman–Crippen MR) is 82.3 cm³/mol. The lowest BCUT2D eigenvalue weighted by Crippen LogP contribution is -2.62. The van der Waals surface area contributed by atoms with Crippen molar-refractivity contribution in [1.82, 2.24) is 0 Å². The van der Waals surface area contributed by atoms with Crippen molar-refractivity contribution in [2.45, 2.75) is 11.6 Å². The molecule has 0 atom stereocenters. The zero-order valence-corrected chi connectivity index (χ0v) is 12.8. The first-order valence-corrected chi connectivity index (χ1v) is 7.28. The molecule has 0 unspecified atom stereocenters. The van der Waals surface area contributed by atoms with Gasteiger partial charge in [0.25, 0.3) is 0 Å². The van der Waals surface area contributed by atoms with Crippen molar-refractivity contribution in [3.8, 4) is 0 Å². The van der Waals surface area contributed by atoms with Crippen LogP contribution in [0.3, 0.4) is 0 Å². The normalized spacial score (nSPS) is 19.7. The van der Waals surface area contributed by atoms with Crippen molar-refractivity contribution < 1.29 is 18.9 Å². The lowest BCUT2D eigenvalue weighted by Gasteiger charge is -2.50. The molecule has 2 aromatic rings. The van der Waals surface area contributed by atoms with Crippen LogP contribution in [0.15, 0.2) is 60.7 Å². The summed E-state index contributed by atoms with van der Waals surface area (Å²) in [6.45, 7) is 0.862. The van der Waals surface area contributed by atoms with E-state index >= 15 is 0 Å². The molecule has 116 valence electrons. The Bertz CT molecular complexity index is 553. The fourth-order valence-corrected chi connectivity index (χ4v) is 3.08. The first-order chi connectivity index (χ1) is 10.8. The van der Waals surface area contributed by atoms with Gasteiger partial charge in [0, 0.05) is 14.2 Å². The highest BCUT2D eigenvalue weighted by atomic mass is 16.9. The summed E-state index contributed by atoms with van der Waals surface area (Å²) in [6, 6.07) is 19.8. The number of benzene rings is 2. The van der Waals surface area contributed by atoms with Gasteiger partial charge in [-0.05, 0) is 11.1 Å². The summed E-state index contributed by atoms with van der Waals surface area (Å²) >= 11 is 0. The Morgan fingerprint density at radius 1 is 0.727 bits per heavy atom. The molecule has 4 nitrogen and oxygen atoms in total. The number of rotatable bonds is 4. The Labute approximate surface area is 130 Å². The van der Waals surface area contributed by atoms with Gasteiger partial charge in [-0.15, -0.1) is 0 Å². The van der Waals surface area contributed by atoms with Crippen LogP contribution in [-0.4, -0.2) is 33.4 Å². The van der Waals surface area contributed by atoms with Crippen molar-refractivity contribution in [2.24, 2.45) is 0 Å². The summed E-state index contributed by atoms with van der Waals surface area (Å²) in [5.41, 5.74) is 0.853. The monoisotopic (exact) mass is 300 g/mol. The molecule has 0 saturated carbocycles. The third kappa shape index (κ3) is 2.16. The molecule has 1 saturated heterocycles. The second-order valence-electron chi connectivity index (χ2n) is 5.07. The Hall–Kier alpha value is -1.72. The summed E-state index contributed by atoms with van der Waals surface area (Å²) in [7, 11) is 3.14. The summed E-state index contributed by atoms with van der Waals surface area (Å²) < 4.78 is 23.5. The second kappa shape index (κ2) is 6.18. The zero-order valence-electron chi connectivity index (χ0n) is 12.8. The number of ether oxygens (including phenoxy) is 4. The van der Waals surface area contributed by atoms with Gasteiger partial charge in [0.1, 0.15) is 0 Å². The highest BCUT2D eigenvalue weighted by molar-refractivity contribution is 5.39. The third-order valence-electron chi connectivity index (χ3n) is 4.02. The largest absolute Gasteiger partial charge is 0.355 e. The summed E-state index contributed by atoms with van der Waals surface area (Å²) in [6.07, 6.45) is 0. The van der Waals surface area contributed by atoms with E-state index in [4.69, 9.17) is 18.9 Å². The van der Waals surface area contributed by atoms with Gasteiger partial charge in [-0.1, -0.05) is 60.7 Å². The molecule has 1 fully saturated rings. The molecule has 0 spiro atoms. The minimum atomic E-state index is -1.34. The van der Waals surface area contributed by atoms with Gasteiger partial charge >= 0.3 is 5.97 Å². The molecule has 0 amide bonds. The molecule has 2 aromatic carbocycles. The van der Waals surface area contributed by atoms with E-state index in [1.165, 1.54) is 0 Å². The Kier molecular flexibility index (Phi) is 4.27. The smallest absolute Gasteiger partial charge is 0.322 e. The van der Waals surface area contributed by atoms with Crippen molar-refractivity contribution in [3.63, 3.8) is 0 Å². The second-order valence-corrected chi connectivity index (χ2v) is 5.07. The number of methoxy groups -OCH3 is 2. The van der Waals surface area contributed by atoms with Gasteiger partial charge in [-0.3, -0.25) is 0 Å². The molecule has 4 heteroatoms. The first kappa shape index (κ1) is 15.2. The molecule has 1 aliphatic rings. The van der Waals surface area contributed by atoms with Gasteiger partial charge in [0.2, 0.25) is 0 Å². The van der Waals surface area contributed by atoms with E-state index in [-0.39, 0.29) is 0 Å². The lowest BCUT2D eigenvalue weighted by atomic mass is 9.82. The third-order valence-corrected chi connectivity index (χ3v) is 4.02. The summed E-state index contributed by atoms with van der Waals surface area (Å²) in [4.78, 5) is 0. The highest BCUT2D eigenvalue weighted by Gasteiger charge is 2.60. The fourth-order valence-electron chi connectivity index (χ4n) is 3.08. The lowest BCUT2D eigenvalue weighted by molar-refractivity contribution is -0.453. The van der Waals surface area contributed by atoms with E-state index in [1.807, 2.05) is 60.7 Å². The van der Waals surface area contributed by atoms with Crippen molar-refractivity contribution in [1.29, 1.82) is 0 Å². The molecular weight excluding hydrogens is 280 g/mol. The molecule has 0 radical (unpaired) electrons. The van der Waals surface area contributed by atoms with Crippen molar-refractivity contribution in [2.75, 3.05) is 27.4 Å². The summed E-state index contributed by atoms with van der Waals surface area (Å²) in [5.74, 6) is -1.34. The minimum absolute atomic E-state index is 0.406. The van der Waals surface area contributed by atoms with Gasteiger partial charge in [0.15, 0.2) is 5.60 Å². The van der Waals surface area contributed by atoms with Crippen LogP contribution in [0.2, 0.25) is 0 Å². The molecule has 3 rings (SSSR count). The van der Waals surface area contributed by atoms with Crippen LogP contribution < -0.4 is 0 Å². The molecule has 0 aromatic heterocycles. The van der Waals surface area contributed by atoms with Crippen LogP contribution in [0.5, 0.6) is 0 Å². The maximum atomic E-state index is 6.26. The SMILES string of the molecule is COC1(OC)OCCOC1(c1ccccc1)c1ccccc1. The average molecular weight is 300 g/mol. The number of hydrogen-bond acceptors (Lipinski definition) is 4. The first-order valence-electron chi connectivity index (χ1n) is 7.28. The Morgan fingerprint density at radius 2 is 1.18 bits per heavy atom. The van der Waals surface area contributed by atoms with Crippen molar-refractivity contribution in [3.05, 3.63) is 71.8 Å². The van der Waals surface area contributed by atoms with Crippen LogP contribution in [0.1, 0.15) is 11.1 Å². The summed E-state index contributed by atoms with van der Waals surface area (Å²) in [5, 5.41) is 0. The highest BCUT2D eigenvalue weighted by Crippen LogP contribution is 2.47. The molecule has 1 heterocycles. The van der Waals surface area contributed by atoms with Crippen molar-refractivity contribution >= 4 is 0 Å². The fraction of sp³-hybridized carbons (Fsp3) is 0.333. The van der Waals surface area contributed by atoms with E-state index in [9.17, 15) is 0 Å². The van der Waals surface area contributed by atoms with E-state index < -0.39 is 11.6 Å². The van der Waals surface area contributed by atoms with E-state index in [0.717, 1.165) is 11.1 Å². The Morgan fingerprint density at radius 3 is 1.64 bits per heavy atom. The maximum Gasteiger partial charge on any atom is 0.322 e. The van der Waals surface area contributed by atoms with Gasteiger partial charge < -0.3 is 18.9 Å². The molecule has 0 aliphatic carbocycles. The predicted octanol–water partition coefficient (Wildman–Crippen LogP) is 2.92. The van der Waals surface area contributed by atoms with Crippen LogP contribution in [-0.2, 0) is 24.5 Å². The van der Waals surface area contributed by atoms with E-state index in [2.05, 4.69) is 0 Å². The van der Waals surface area contributed by atoms with Gasteiger partial charge in [0.05, 0.1) is 13.2 Å². The quantitative estimate of drug-likeness (QED) is 0.814. The maximum absolute atomic E-state index is 6.26. The molecular formula is C18H20O4. The molecule has 1 aliphatic heterocycles. The van der Waals surface area contributed by atoms with Crippen LogP contribution in [0.25, 0.3) is 0 Å². The van der Waals surface area contributed by atoms with Crippen LogP contribution >= 0.6 is 0 Å².